The van der Waals surface area contributed by atoms with Crippen molar-refractivity contribution >= 4 is 0 Å². The summed E-state index contributed by atoms with van der Waals surface area (Å²) in [6.45, 7) is 4.20. The first-order valence-electron chi connectivity index (χ1n) is 6.68. The number of hydrogen-bond acceptors (Lipinski definition) is 5. The van der Waals surface area contributed by atoms with E-state index in [1.165, 1.54) is 0 Å². The van der Waals surface area contributed by atoms with E-state index in [1.807, 2.05) is 0 Å². The molecular weight excluding hydrogens is 234 g/mol. The molecule has 0 unspecified atom stereocenters. The van der Waals surface area contributed by atoms with E-state index in [1.54, 1.807) is 0 Å². The van der Waals surface area contributed by atoms with Crippen molar-refractivity contribution in [1.82, 2.24) is 10.2 Å². The lowest BCUT2D eigenvalue weighted by Crippen LogP contribution is -2.39. The van der Waals surface area contributed by atoms with Crippen LogP contribution in [0.3, 0.4) is 0 Å². The predicted molar refractivity (Wildman–Crippen MR) is 67.8 cm³/mol. The molecule has 0 radical (unpaired) electrons. The van der Waals surface area contributed by atoms with Crippen molar-refractivity contribution < 1.29 is 9.66 Å². The summed E-state index contributed by atoms with van der Waals surface area (Å²) in [4.78, 5) is 13.1. The molecule has 0 spiro atoms. The Labute approximate surface area is 107 Å². The molecule has 0 aliphatic carbocycles. The zero-order chi connectivity index (χ0) is 12.8. The number of allylic oxidation sites excluding steroid dienone is 1. The van der Waals surface area contributed by atoms with Crippen LogP contribution < -0.4 is 5.32 Å². The fourth-order valence-electron chi connectivity index (χ4n) is 2.41. The summed E-state index contributed by atoms with van der Waals surface area (Å²) >= 11 is 0. The maximum atomic E-state index is 11.2. The van der Waals surface area contributed by atoms with Gasteiger partial charge in [-0.3, -0.25) is 15.0 Å². The molecule has 2 saturated heterocycles. The number of morpholine rings is 1. The van der Waals surface area contributed by atoms with Crippen LogP contribution in [0.2, 0.25) is 0 Å². The SMILES string of the molecule is O=[N+]([O-])/C(CN1CCOCC1)=C1/CCCCCN1. The van der Waals surface area contributed by atoms with Crippen molar-refractivity contribution in [1.29, 1.82) is 0 Å². The van der Waals surface area contributed by atoms with Crippen LogP contribution in [0.25, 0.3) is 0 Å². The third kappa shape index (κ3) is 3.68. The van der Waals surface area contributed by atoms with E-state index in [0.29, 0.717) is 25.5 Å². The van der Waals surface area contributed by atoms with Gasteiger partial charge in [-0.1, -0.05) is 6.42 Å². The topological polar surface area (TPSA) is 67.6 Å². The molecular formula is C12H21N3O3. The number of rotatable bonds is 3. The van der Waals surface area contributed by atoms with Gasteiger partial charge in [0.1, 0.15) is 0 Å². The lowest BCUT2D eigenvalue weighted by molar-refractivity contribution is -0.430. The number of hydrogen-bond donors (Lipinski definition) is 1. The van der Waals surface area contributed by atoms with Crippen LogP contribution in [0.4, 0.5) is 0 Å². The summed E-state index contributed by atoms with van der Waals surface area (Å²) in [7, 11) is 0. The molecule has 0 amide bonds. The first-order valence-corrected chi connectivity index (χ1v) is 6.68. The highest BCUT2D eigenvalue weighted by Gasteiger charge is 2.23. The normalized spacial score (nSPS) is 25.1. The molecule has 0 saturated carbocycles. The van der Waals surface area contributed by atoms with Gasteiger partial charge in [-0.25, -0.2) is 0 Å². The first kappa shape index (κ1) is 13.3. The number of ether oxygens (including phenoxy) is 1. The highest BCUT2D eigenvalue weighted by atomic mass is 16.6. The second-order valence-electron chi connectivity index (χ2n) is 4.81. The van der Waals surface area contributed by atoms with Crippen molar-refractivity contribution in [2.24, 2.45) is 0 Å². The standard InChI is InChI=1S/C12H21N3O3/c16-15(17)12(10-14-6-8-18-9-7-14)11-4-2-1-3-5-13-11/h13H,1-10H2/b12-11-. The van der Waals surface area contributed by atoms with Gasteiger partial charge in [0.25, 0.3) is 5.70 Å². The first-order chi connectivity index (χ1) is 8.77. The molecule has 2 rings (SSSR count). The lowest BCUT2D eigenvalue weighted by atomic mass is 10.1. The highest BCUT2D eigenvalue weighted by molar-refractivity contribution is 5.09. The second-order valence-corrected chi connectivity index (χ2v) is 4.81. The van der Waals surface area contributed by atoms with Gasteiger partial charge in [0.05, 0.1) is 30.4 Å². The minimum Gasteiger partial charge on any atom is -0.383 e. The van der Waals surface area contributed by atoms with Gasteiger partial charge < -0.3 is 10.1 Å². The van der Waals surface area contributed by atoms with E-state index >= 15 is 0 Å². The second kappa shape index (κ2) is 6.70. The van der Waals surface area contributed by atoms with Crippen LogP contribution in [0, 0.1) is 10.1 Å². The largest absolute Gasteiger partial charge is 0.383 e. The average Bonchev–Trinajstić information content (AvgIpc) is 2.65. The molecule has 2 fully saturated rings. The molecule has 0 aromatic carbocycles. The average molecular weight is 255 g/mol. The molecule has 6 heteroatoms. The third-order valence-electron chi connectivity index (χ3n) is 3.49. The molecule has 102 valence electrons. The van der Waals surface area contributed by atoms with Crippen LogP contribution in [-0.2, 0) is 4.74 Å². The molecule has 0 aromatic rings. The zero-order valence-electron chi connectivity index (χ0n) is 10.7. The molecule has 2 aliphatic rings. The molecule has 1 N–H and O–H groups in total. The molecule has 0 aromatic heterocycles. The minimum atomic E-state index is -0.219. The van der Waals surface area contributed by atoms with Gasteiger partial charge in [-0.2, -0.15) is 0 Å². The Kier molecular flexibility index (Phi) is 4.95. The fourth-order valence-corrected chi connectivity index (χ4v) is 2.41. The van der Waals surface area contributed by atoms with Crippen LogP contribution in [0.5, 0.6) is 0 Å². The van der Waals surface area contributed by atoms with Crippen LogP contribution in [-0.4, -0.2) is 49.2 Å². The van der Waals surface area contributed by atoms with Gasteiger partial charge in [0.15, 0.2) is 0 Å². The number of nitrogens with zero attached hydrogens (tertiary/aromatic N) is 2. The fraction of sp³-hybridized carbons (Fsp3) is 0.833. The summed E-state index contributed by atoms with van der Waals surface area (Å²) in [5, 5.41) is 14.5. The Morgan fingerprint density at radius 3 is 2.83 bits per heavy atom. The molecule has 2 heterocycles. The predicted octanol–water partition coefficient (Wildman–Crippen LogP) is 0.970. The Hall–Kier alpha value is -1.14. The maximum absolute atomic E-state index is 11.2. The van der Waals surface area contributed by atoms with Gasteiger partial charge in [0.2, 0.25) is 0 Å². The zero-order valence-corrected chi connectivity index (χ0v) is 10.7. The Balaban J connectivity index is 2.05. The minimum absolute atomic E-state index is 0.219. The third-order valence-corrected chi connectivity index (χ3v) is 3.49. The van der Waals surface area contributed by atoms with Crippen molar-refractivity contribution in [3.8, 4) is 0 Å². The van der Waals surface area contributed by atoms with Gasteiger partial charge >= 0.3 is 0 Å². The van der Waals surface area contributed by atoms with Crippen molar-refractivity contribution in [2.45, 2.75) is 25.7 Å². The monoisotopic (exact) mass is 255 g/mol. The molecule has 0 bridgehead atoms. The molecule has 6 nitrogen and oxygen atoms in total. The summed E-state index contributed by atoms with van der Waals surface area (Å²) in [5.74, 6) is 0. The Morgan fingerprint density at radius 1 is 1.33 bits per heavy atom. The Bertz CT molecular complexity index is 315. The quantitative estimate of drug-likeness (QED) is 0.601. The molecule has 18 heavy (non-hydrogen) atoms. The van der Waals surface area contributed by atoms with Crippen molar-refractivity contribution in [3.63, 3.8) is 0 Å². The maximum Gasteiger partial charge on any atom is 0.278 e. The summed E-state index contributed by atoms with van der Waals surface area (Å²) < 4.78 is 5.26. The van der Waals surface area contributed by atoms with Crippen LogP contribution in [0.1, 0.15) is 25.7 Å². The van der Waals surface area contributed by atoms with E-state index in [9.17, 15) is 10.1 Å². The van der Waals surface area contributed by atoms with Crippen molar-refractivity contribution in [3.05, 3.63) is 21.5 Å². The van der Waals surface area contributed by atoms with Crippen LogP contribution in [0.15, 0.2) is 11.4 Å². The van der Waals surface area contributed by atoms with Gasteiger partial charge in [-0.15, -0.1) is 0 Å². The van der Waals surface area contributed by atoms with E-state index in [2.05, 4.69) is 10.2 Å². The van der Waals surface area contributed by atoms with Gasteiger partial charge in [0, 0.05) is 19.6 Å². The van der Waals surface area contributed by atoms with E-state index < -0.39 is 0 Å². The summed E-state index contributed by atoms with van der Waals surface area (Å²) in [5.41, 5.74) is 1.18. The van der Waals surface area contributed by atoms with Crippen LogP contribution >= 0.6 is 0 Å². The molecule has 2 aliphatic heterocycles. The lowest BCUT2D eigenvalue weighted by Gasteiger charge is -2.25. The smallest absolute Gasteiger partial charge is 0.278 e. The number of nitrogens with one attached hydrogen (secondary N) is 1. The van der Waals surface area contributed by atoms with E-state index in [0.717, 1.165) is 51.0 Å². The van der Waals surface area contributed by atoms with Crippen molar-refractivity contribution in [2.75, 3.05) is 39.4 Å². The van der Waals surface area contributed by atoms with Gasteiger partial charge in [-0.05, 0) is 19.3 Å². The summed E-state index contributed by atoms with van der Waals surface area (Å²) in [6.07, 6.45) is 4.11. The number of nitro groups is 1. The van der Waals surface area contributed by atoms with E-state index in [4.69, 9.17) is 4.74 Å². The molecule has 0 atom stereocenters. The summed E-state index contributed by atoms with van der Waals surface area (Å²) in [6, 6.07) is 0. The highest BCUT2D eigenvalue weighted by Crippen LogP contribution is 2.16. The van der Waals surface area contributed by atoms with E-state index in [-0.39, 0.29) is 4.92 Å². The Morgan fingerprint density at radius 2 is 2.11 bits per heavy atom.